The summed E-state index contributed by atoms with van der Waals surface area (Å²) < 4.78 is 5.04. The van der Waals surface area contributed by atoms with Crippen molar-refractivity contribution in [1.82, 2.24) is 10.2 Å². The summed E-state index contributed by atoms with van der Waals surface area (Å²) in [4.78, 5) is 15.4. The van der Waals surface area contributed by atoms with Gasteiger partial charge in [0.25, 0.3) is 0 Å². The number of unbranched alkanes of at least 4 members (excludes halogenated alkanes) is 2. The van der Waals surface area contributed by atoms with E-state index in [1.807, 2.05) is 17.9 Å². The minimum absolute atomic E-state index is 0.0601. The predicted molar refractivity (Wildman–Crippen MR) is 77.1 cm³/mol. The molecule has 1 aliphatic heterocycles. The Morgan fingerprint density at radius 2 is 2.26 bits per heavy atom. The molecule has 1 aromatic heterocycles. The van der Waals surface area contributed by atoms with Gasteiger partial charge in [-0.25, -0.2) is 0 Å². The number of ether oxygens (including phenoxy) is 1. The van der Waals surface area contributed by atoms with Crippen molar-refractivity contribution < 1.29 is 9.53 Å². The molecule has 0 spiro atoms. The number of nitrogens with zero attached hydrogens (tertiary/aromatic N) is 1. The summed E-state index contributed by atoms with van der Waals surface area (Å²) in [7, 11) is 1.72. The smallest absolute Gasteiger partial charge is 0.241 e. The Bertz CT molecular complexity index is 394. The Morgan fingerprint density at radius 3 is 2.95 bits per heavy atom. The van der Waals surface area contributed by atoms with E-state index < -0.39 is 0 Å². The molecule has 1 aromatic rings. The summed E-state index contributed by atoms with van der Waals surface area (Å²) in [6.07, 6.45) is 3.25. The number of methoxy groups -OCH3 is 1. The molecular formula is C14H22N2O2S. The number of hydrogen-bond donors (Lipinski definition) is 1. The minimum Gasteiger partial charge on any atom is -0.385 e. The minimum atomic E-state index is -0.0777. The molecule has 0 saturated carbocycles. The van der Waals surface area contributed by atoms with Gasteiger partial charge in [-0.3, -0.25) is 10.1 Å². The lowest BCUT2D eigenvalue weighted by molar-refractivity contribution is -0.129. The highest BCUT2D eigenvalue weighted by atomic mass is 32.1. The molecule has 0 aliphatic carbocycles. The van der Waals surface area contributed by atoms with E-state index in [2.05, 4.69) is 16.8 Å². The van der Waals surface area contributed by atoms with Crippen LogP contribution in [0.4, 0.5) is 0 Å². The lowest BCUT2D eigenvalue weighted by Gasteiger charge is -2.23. The zero-order chi connectivity index (χ0) is 13.7. The van der Waals surface area contributed by atoms with Crippen LogP contribution in [0.3, 0.4) is 0 Å². The average Bonchev–Trinajstić information content (AvgIpc) is 3.01. The van der Waals surface area contributed by atoms with Crippen LogP contribution in [0.5, 0.6) is 0 Å². The normalized spacial score (nSPS) is 23.3. The number of carbonyl (C=O) groups excluding carboxylic acids is 1. The van der Waals surface area contributed by atoms with Gasteiger partial charge in [0.05, 0.1) is 6.04 Å². The summed E-state index contributed by atoms with van der Waals surface area (Å²) in [6, 6.07) is 4.04. The van der Waals surface area contributed by atoms with Gasteiger partial charge in [0.2, 0.25) is 5.91 Å². The number of nitrogens with one attached hydrogen (secondary N) is 1. The predicted octanol–water partition coefficient (Wildman–Crippen LogP) is 2.38. The maximum absolute atomic E-state index is 12.2. The molecule has 2 atom stereocenters. The summed E-state index contributed by atoms with van der Waals surface area (Å²) >= 11 is 1.70. The van der Waals surface area contributed by atoms with E-state index in [4.69, 9.17) is 4.74 Å². The highest BCUT2D eigenvalue weighted by Gasteiger charge is 2.36. The molecule has 1 saturated heterocycles. The van der Waals surface area contributed by atoms with E-state index in [1.165, 1.54) is 4.88 Å². The van der Waals surface area contributed by atoms with Gasteiger partial charge < -0.3 is 9.64 Å². The number of carbonyl (C=O) groups is 1. The van der Waals surface area contributed by atoms with Crippen molar-refractivity contribution in [3.8, 4) is 0 Å². The number of rotatable bonds is 7. The van der Waals surface area contributed by atoms with Crippen molar-refractivity contribution in [2.24, 2.45) is 0 Å². The number of thiophene rings is 1. The molecule has 19 heavy (non-hydrogen) atoms. The van der Waals surface area contributed by atoms with Crippen LogP contribution in [0, 0.1) is 0 Å². The fourth-order valence-electron chi connectivity index (χ4n) is 2.40. The van der Waals surface area contributed by atoms with E-state index in [1.54, 1.807) is 18.4 Å². The maximum atomic E-state index is 12.2. The van der Waals surface area contributed by atoms with Crippen LogP contribution in [0.25, 0.3) is 0 Å². The molecule has 0 aromatic carbocycles. The standard InChI is InChI=1S/C14H22N2O2S/c1-11-14(17)16(8-4-3-5-9-18-2)13(15-11)12-7-6-10-19-12/h6-7,10-11,13,15H,3-5,8-9H2,1-2H3. The first-order valence-electron chi connectivity index (χ1n) is 6.83. The van der Waals surface area contributed by atoms with Crippen molar-refractivity contribution in [2.75, 3.05) is 20.3 Å². The highest BCUT2D eigenvalue weighted by molar-refractivity contribution is 7.10. The van der Waals surface area contributed by atoms with Crippen LogP contribution in [0.2, 0.25) is 0 Å². The quantitative estimate of drug-likeness (QED) is 0.781. The van der Waals surface area contributed by atoms with Gasteiger partial charge in [0.1, 0.15) is 6.17 Å². The second-order valence-electron chi connectivity index (χ2n) is 4.89. The monoisotopic (exact) mass is 282 g/mol. The number of hydrogen-bond acceptors (Lipinski definition) is 4. The Morgan fingerprint density at radius 1 is 1.42 bits per heavy atom. The third kappa shape index (κ3) is 3.55. The molecule has 5 heteroatoms. The molecule has 1 aliphatic rings. The second-order valence-corrected chi connectivity index (χ2v) is 5.87. The molecule has 2 rings (SSSR count). The Balaban J connectivity index is 1.89. The van der Waals surface area contributed by atoms with Gasteiger partial charge in [0, 0.05) is 25.1 Å². The second kappa shape index (κ2) is 7.03. The van der Waals surface area contributed by atoms with Gasteiger partial charge >= 0.3 is 0 Å². The average molecular weight is 282 g/mol. The topological polar surface area (TPSA) is 41.6 Å². The molecule has 106 valence electrons. The molecule has 0 bridgehead atoms. The van der Waals surface area contributed by atoms with E-state index >= 15 is 0 Å². The van der Waals surface area contributed by atoms with Gasteiger partial charge in [-0.2, -0.15) is 0 Å². The van der Waals surface area contributed by atoms with Gasteiger partial charge in [-0.05, 0) is 37.6 Å². The molecule has 1 N–H and O–H groups in total. The third-order valence-corrected chi connectivity index (χ3v) is 4.36. The van der Waals surface area contributed by atoms with Crippen molar-refractivity contribution in [1.29, 1.82) is 0 Å². The highest BCUT2D eigenvalue weighted by Crippen LogP contribution is 2.28. The van der Waals surface area contributed by atoms with Crippen LogP contribution in [-0.2, 0) is 9.53 Å². The molecule has 4 nitrogen and oxygen atoms in total. The zero-order valence-electron chi connectivity index (χ0n) is 11.6. The molecule has 2 unspecified atom stereocenters. The summed E-state index contributed by atoms with van der Waals surface area (Å²) in [6.45, 7) is 3.56. The summed E-state index contributed by atoms with van der Waals surface area (Å²) in [5.41, 5.74) is 0. The van der Waals surface area contributed by atoms with Crippen molar-refractivity contribution >= 4 is 17.2 Å². The molecule has 0 radical (unpaired) electrons. The maximum Gasteiger partial charge on any atom is 0.241 e. The van der Waals surface area contributed by atoms with Gasteiger partial charge in [-0.1, -0.05) is 6.07 Å². The fourth-order valence-corrected chi connectivity index (χ4v) is 3.20. The Labute approximate surface area is 118 Å². The van der Waals surface area contributed by atoms with Crippen LogP contribution < -0.4 is 5.32 Å². The van der Waals surface area contributed by atoms with E-state index in [9.17, 15) is 4.79 Å². The van der Waals surface area contributed by atoms with E-state index in [0.29, 0.717) is 0 Å². The first kappa shape index (κ1) is 14.5. The molecular weight excluding hydrogens is 260 g/mol. The molecule has 2 heterocycles. The van der Waals surface area contributed by atoms with Crippen LogP contribution in [0.1, 0.15) is 37.2 Å². The Hall–Kier alpha value is -0.910. The van der Waals surface area contributed by atoms with Gasteiger partial charge in [-0.15, -0.1) is 11.3 Å². The lowest BCUT2D eigenvalue weighted by atomic mass is 10.2. The van der Waals surface area contributed by atoms with Crippen LogP contribution in [0.15, 0.2) is 17.5 Å². The van der Waals surface area contributed by atoms with E-state index in [0.717, 1.165) is 32.4 Å². The Kier molecular flexibility index (Phi) is 5.36. The summed E-state index contributed by atoms with van der Waals surface area (Å²) in [5.74, 6) is 0.213. The van der Waals surface area contributed by atoms with Crippen molar-refractivity contribution in [3.63, 3.8) is 0 Å². The van der Waals surface area contributed by atoms with Crippen molar-refractivity contribution in [2.45, 2.75) is 38.4 Å². The summed E-state index contributed by atoms with van der Waals surface area (Å²) in [5, 5.41) is 5.43. The molecule has 1 amide bonds. The van der Waals surface area contributed by atoms with Crippen LogP contribution >= 0.6 is 11.3 Å². The first-order valence-corrected chi connectivity index (χ1v) is 7.71. The van der Waals surface area contributed by atoms with Crippen LogP contribution in [-0.4, -0.2) is 37.1 Å². The first-order chi connectivity index (χ1) is 9.24. The number of amides is 1. The fraction of sp³-hybridized carbons (Fsp3) is 0.643. The lowest BCUT2D eigenvalue weighted by Crippen LogP contribution is -2.31. The molecule has 1 fully saturated rings. The zero-order valence-corrected chi connectivity index (χ0v) is 12.4. The third-order valence-electron chi connectivity index (χ3n) is 3.43. The van der Waals surface area contributed by atoms with Gasteiger partial charge in [0.15, 0.2) is 0 Å². The van der Waals surface area contributed by atoms with E-state index in [-0.39, 0.29) is 18.1 Å². The SMILES string of the molecule is COCCCCCN1C(=O)C(C)NC1c1cccs1. The largest absolute Gasteiger partial charge is 0.385 e. The van der Waals surface area contributed by atoms with Crippen molar-refractivity contribution in [3.05, 3.63) is 22.4 Å².